The van der Waals surface area contributed by atoms with Gasteiger partial charge in [0.25, 0.3) is 0 Å². The van der Waals surface area contributed by atoms with Crippen LogP contribution in [0.2, 0.25) is 0 Å². The van der Waals surface area contributed by atoms with Gasteiger partial charge in [-0.05, 0) is 38.1 Å². The van der Waals surface area contributed by atoms with Crippen molar-refractivity contribution in [1.82, 2.24) is 14.3 Å². The van der Waals surface area contributed by atoms with E-state index >= 15 is 0 Å². The first-order valence-corrected chi connectivity index (χ1v) is 6.71. The molecule has 0 saturated carbocycles. The number of hydrogen-bond acceptors (Lipinski definition) is 3. The first-order valence-electron chi connectivity index (χ1n) is 6.71. The average Bonchev–Trinajstić information content (AvgIpc) is 2.84. The highest BCUT2D eigenvalue weighted by atomic mass is 19.1. The minimum absolute atomic E-state index is 0.231. The molecule has 0 amide bonds. The van der Waals surface area contributed by atoms with Crippen LogP contribution >= 0.6 is 0 Å². The van der Waals surface area contributed by atoms with Gasteiger partial charge in [0.15, 0.2) is 11.5 Å². The summed E-state index contributed by atoms with van der Waals surface area (Å²) in [5.41, 5.74) is 1.26. The van der Waals surface area contributed by atoms with Crippen LogP contribution < -0.4 is 0 Å². The van der Waals surface area contributed by atoms with Crippen molar-refractivity contribution in [1.29, 1.82) is 0 Å². The molecule has 1 aliphatic rings. The van der Waals surface area contributed by atoms with Gasteiger partial charge in [-0.2, -0.15) is 0 Å². The largest absolute Gasteiger partial charge is 0.481 e. The minimum Gasteiger partial charge on any atom is -0.481 e. The van der Waals surface area contributed by atoms with E-state index in [0.717, 1.165) is 18.8 Å². The zero-order valence-corrected chi connectivity index (χ0v) is 11.0. The molecular weight excluding hydrogens is 261 g/mol. The van der Waals surface area contributed by atoms with Crippen LogP contribution in [-0.2, 0) is 11.3 Å². The first-order chi connectivity index (χ1) is 9.65. The van der Waals surface area contributed by atoms with Crippen LogP contribution in [0.15, 0.2) is 24.5 Å². The van der Waals surface area contributed by atoms with Gasteiger partial charge in [0.05, 0.1) is 17.8 Å². The standard InChI is InChI=1S/C14H16FN3O2/c15-12-2-1-5-18-11(8-16-13(12)18)9-17-6-3-10(4-7-17)14(19)20/h1-2,5,8,10H,3-4,6-7,9H2,(H,19,20). The smallest absolute Gasteiger partial charge is 0.306 e. The number of rotatable bonds is 3. The zero-order chi connectivity index (χ0) is 14.1. The predicted molar refractivity (Wildman–Crippen MR) is 70.8 cm³/mol. The Kier molecular flexibility index (Phi) is 3.40. The van der Waals surface area contributed by atoms with Crippen molar-refractivity contribution >= 4 is 11.6 Å². The number of aliphatic carboxylic acids is 1. The molecule has 3 heterocycles. The van der Waals surface area contributed by atoms with Crippen LogP contribution in [0.1, 0.15) is 18.5 Å². The number of nitrogens with zero attached hydrogens (tertiary/aromatic N) is 3. The van der Waals surface area contributed by atoms with Crippen LogP contribution in [0, 0.1) is 11.7 Å². The van der Waals surface area contributed by atoms with Gasteiger partial charge < -0.3 is 9.51 Å². The summed E-state index contributed by atoms with van der Waals surface area (Å²) in [6.07, 6.45) is 4.81. The van der Waals surface area contributed by atoms with Crippen LogP contribution in [0.3, 0.4) is 0 Å². The Bertz CT molecular complexity index is 632. The highest BCUT2D eigenvalue weighted by Gasteiger charge is 2.24. The molecule has 1 N–H and O–H groups in total. The second kappa shape index (κ2) is 5.20. The lowest BCUT2D eigenvalue weighted by atomic mass is 9.97. The van der Waals surface area contributed by atoms with Crippen molar-refractivity contribution in [2.75, 3.05) is 13.1 Å². The molecule has 3 rings (SSSR count). The van der Waals surface area contributed by atoms with Gasteiger partial charge in [-0.15, -0.1) is 0 Å². The molecule has 0 aromatic carbocycles. The van der Waals surface area contributed by atoms with Gasteiger partial charge in [-0.25, -0.2) is 9.37 Å². The monoisotopic (exact) mass is 277 g/mol. The fraction of sp³-hybridized carbons (Fsp3) is 0.429. The molecule has 0 radical (unpaired) electrons. The third-order valence-electron chi connectivity index (χ3n) is 3.89. The summed E-state index contributed by atoms with van der Waals surface area (Å²) in [6.45, 7) is 2.16. The van der Waals surface area contributed by atoms with Crippen molar-refractivity contribution in [2.24, 2.45) is 5.92 Å². The average molecular weight is 277 g/mol. The van der Waals surface area contributed by atoms with E-state index in [1.807, 2.05) is 0 Å². The van der Waals surface area contributed by atoms with Crippen molar-refractivity contribution in [2.45, 2.75) is 19.4 Å². The molecule has 20 heavy (non-hydrogen) atoms. The lowest BCUT2D eigenvalue weighted by Gasteiger charge is -2.29. The fourth-order valence-corrected chi connectivity index (χ4v) is 2.71. The number of halogens is 1. The number of likely N-dealkylation sites (tertiary alicyclic amines) is 1. The topological polar surface area (TPSA) is 57.8 Å². The lowest BCUT2D eigenvalue weighted by molar-refractivity contribution is -0.143. The van der Waals surface area contributed by atoms with Crippen LogP contribution in [-0.4, -0.2) is 38.4 Å². The Morgan fingerprint density at radius 3 is 2.90 bits per heavy atom. The van der Waals surface area contributed by atoms with E-state index in [1.54, 1.807) is 22.9 Å². The Hall–Kier alpha value is -1.95. The number of carbonyl (C=O) groups is 1. The molecule has 2 aromatic rings. The SMILES string of the molecule is O=C(O)C1CCN(Cc2cnc3c(F)cccn23)CC1. The number of carboxylic acids is 1. The van der Waals surface area contributed by atoms with Gasteiger partial charge in [0, 0.05) is 12.7 Å². The molecule has 1 aliphatic heterocycles. The maximum atomic E-state index is 13.6. The van der Waals surface area contributed by atoms with Crippen molar-refractivity contribution in [3.63, 3.8) is 0 Å². The number of fused-ring (bicyclic) bond motifs is 1. The first kappa shape index (κ1) is 13.1. The number of pyridine rings is 1. The molecule has 0 aliphatic carbocycles. The summed E-state index contributed by atoms with van der Waals surface area (Å²) < 4.78 is 15.3. The normalized spacial score (nSPS) is 17.6. The lowest BCUT2D eigenvalue weighted by Crippen LogP contribution is -2.36. The molecule has 6 heteroatoms. The Morgan fingerprint density at radius 2 is 2.20 bits per heavy atom. The van der Waals surface area contributed by atoms with Gasteiger partial charge in [-0.1, -0.05) is 0 Å². The Balaban J connectivity index is 1.72. The molecule has 1 fully saturated rings. The van der Waals surface area contributed by atoms with Crippen LogP contribution in [0.25, 0.3) is 5.65 Å². The van der Waals surface area contributed by atoms with Crippen LogP contribution in [0.4, 0.5) is 4.39 Å². The van der Waals surface area contributed by atoms with Crippen molar-refractivity contribution in [3.05, 3.63) is 36.0 Å². The highest BCUT2D eigenvalue weighted by Crippen LogP contribution is 2.20. The number of hydrogen-bond donors (Lipinski definition) is 1. The Labute approximate surface area is 115 Å². The Morgan fingerprint density at radius 1 is 1.45 bits per heavy atom. The molecule has 0 unspecified atom stereocenters. The van der Waals surface area contributed by atoms with E-state index in [4.69, 9.17) is 5.11 Å². The molecule has 1 saturated heterocycles. The zero-order valence-electron chi connectivity index (χ0n) is 11.0. The highest BCUT2D eigenvalue weighted by molar-refractivity contribution is 5.70. The van der Waals surface area contributed by atoms with Gasteiger partial charge >= 0.3 is 5.97 Å². The number of imidazole rings is 1. The summed E-state index contributed by atoms with van der Waals surface area (Å²) in [7, 11) is 0. The van der Waals surface area contributed by atoms with Gasteiger partial charge in [0.1, 0.15) is 0 Å². The van der Waals surface area contributed by atoms with Crippen molar-refractivity contribution < 1.29 is 14.3 Å². The van der Waals surface area contributed by atoms with E-state index in [1.165, 1.54) is 6.07 Å². The third-order valence-corrected chi connectivity index (χ3v) is 3.89. The van der Waals surface area contributed by atoms with Gasteiger partial charge in [0.2, 0.25) is 0 Å². The van der Waals surface area contributed by atoms with Gasteiger partial charge in [-0.3, -0.25) is 9.69 Å². The third kappa shape index (κ3) is 2.38. The van der Waals surface area contributed by atoms with E-state index in [2.05, 4.69) is 9.88 Å². The van der Waals surface area contributed by atoms with E-state index < -0.39 is 5.97 Å². The van der Waals surface area contributed by atoms with Crippen molar-refractivity contribution in [3.8, 4) is 0 Å². The molecule has 5 nitrogen and oxygen atoms in total. The predicted octanol–water partition coefficient (Wildman–Crippen LogP) is 1.77. The van der Waals surface area contributed by atoms with E-state index in [0.29, 0.717) is 25.0 Å². The summed E-state index contributed by atoms with van der Waals surface area (Å²) >= 11 is 0. The molecule has 0 bridgehead atoms. The fourth-order valence-electron chi connectivity index (χ4n) is 2.71. The summed E-state index contributed by atoms with van der Waals surface area (Å²) in [5.74, 6) is -1.27. The maximum Gasteiger partial charge on any atom is 0.306 e. The molecule has 0 atom stereocenters. The number of carboxylic acid groups (broad SMARTS) is 1. The molecule has 106 valence electrons. The van der Waals surface area contributed by atoms with E-state index in [9.17, 15) is 9.18 Å². The summed E-state index contributed by atoms with van der Waals surface area (Å²) in [6, 6.07) is 3.05. The maximum absolute atomic E-state index is 13.6. The van der Waals surface area contributed by atoms with Crippen LogP contribution in [0.5, 0.6) is 0 Å². The van der Waals surface area contributed by atoms with E-state index in [-0.39, 0.29) is 11.7 Å². The molecular formula is C14H16FN3O2. The molecule has 0 spiro atoms. The summed E-state index contributed by atoms with van der Waals surface area (Å²) in [5, 5.41) is 8.98. The molecule has 2 aromatic heterocycles. The second-order valence-corrected chi connectivity index (χ2v) is 5.19. The quantitative estimate of drug-likeness (QED) is 0.929. The summed E-state index contributed by atoms with van der Waals surface area (Å²) in [4.78, 5) is 17.2. The second-order valence-electron chi connectivity index (χ2n) is 5.19. The minimum atomic E-state index is -0.707. The number of aromatic nitrogens is 2. The number of piperidine rings is 1.